The molecule has 1 aliphatic rings. The first kappa shape index (κ1) is 13.8. The first-order chi connectivity index (χ1) is 9.84. The van der Waals surface area contributed by atoms with Gasteiger partial charge in [-0.15, -0.1) is 0 Å². The van der Waals surface area contributed by atoms with Crippen LogP contribution in [-0.4, -0.2) is 39.9 Å². The van der Waals surface area contributed by atoms with Crippen molar-refractivity contribution in [3.8, 4) is 0 Å². The highest BCUT2D eigenvalue weighted by atomic mass is 35.5. The molecule has 0 spiro atoms. The molecule has 0 amide bonds. The van der Waals surface area contributed by atoms with Gasteiger partial charge in [-0.25, -0.2) is 15.0 Å². The van der Waals surface area contributed by atoms with Gasteiger partial charge in [-0.05, 0) is 19.2 Å². The number of nitrogens with zero attached hydrogens (tertiary/aromatic N) is 4. The van der Waals surface area contributed by atoms with Crippen LogP contribution in [-0.2, 0) is 15.9 Å². The Bertz CT molecular complexity index is 574. The molecule has 0 aromatic carbocycles. The molecule has 3 heterocycles. The van der Waals surface area contributed by atoms with Gasteiger partial charge in [0.2, 0.25) is 0 Å². The minimum atomic E-state index is -0.0277. The second-order valence-corrected chi connectivity index (χ2v) is 5.15. The van der Waals surface area contributed by atoms with E-state index in [1.807, 2.05) is 4.57 Å². The number of hydrogen-bond acceptors (Lipinski definition) is 5. The van der Waals surface area contributed by atoms with E-state index in [1.165, 1.54) is 6.33 Å². The van der Waals surface area contributed by atoms with Crippen molar-refractivity contribution < 1.29 is 9.31 Å². The van der Waals surface area contributed by atoms with E-state index in [4.69, 9.17) is 20.9 Å². The lowest BCUT2D eigenvalue weighted by Gasteiger charge is -2.19. The highest BCUT2D eigenvalue weighted by Gasteiger charge is 2.20. The molecule has 1 fully saturated rings. The Morgan fingerprint density at radius 2 is 2.05 bits per heavy atom. The van der Waals surface area contributed by atoms with E-state index in [9.17, 15) is 0 Å². The molecule has 2 aromatic rings. The summed E-state index contributed by atoms with van der Waals surface area (Å²) >= 11 is 5.97. The molecule has 0 saturated carbocycles. The second-order valence-electron chi connectivity index (χ2n) is 4.80. The van der Waals surface area contributed by atoms with E-state index in [0.29, 0.717) is 10.7 Å². The monoisotopic (exact) mass is 294 g/mol. The Balaban J connectivity index is 1.51. The highest BCUT2D eigenvalue weighted by molar-refractivity contribution is 6.44. The van der Waals surface area contributed by atoms with Crippen LogP contribution in [0.25, 0.3) is 11.2 Å². The number of rotatable bonds is 5. The third-order valence-electron chi connectivity index (χ3n) is 3.34. The van der Waals surface area contributed by atoms with Crippen molar-refractivity contribution in [1.82, 2.24) is 19.5 Å². The zero-order valence-corrected chi connectivity index (χ0v) is 11.9. The zero-order valence-electron chi connectivity index (χ0n) is 11.2. The number of fused-ring (bicyclic) bond motifs is 1. The molecule has 106 valence electrons. The fourth-order valence-corrected chi connectivity index (χ4v) is 2.49. The molecule has 20 heavy (non-hydrogen) atoms. The Morgan fingerprint density at radius 1 is 1.20 bits per heavy atom. The Morgan fingerprint density at radius 3 is 2.90 bits per heavy atom. The van der Waals surface area contributed by atoms with Crippen LogP contribution >= 0.6 is 11.6 Å². The number of unbranched alkanes of at least 4 members (excludes halogenated alkanes) is 1. The van der Waals surface area contributed by atoms with Crippen LogP contribution in [0, 0.1) is 0 Å². The second kappa shape index (κ2) is 6.52. The fraction of sp³-hybridized carbons (Fsp3) is 0.583. The molecular weight excluding hydrogens is 278 g/mol. The summed E-state index contributed by atoms with van der Waals surface area (Å²) in [4.78, 5) is 12.4. The van der Waals surface area contributed by atoms with Gasteiger partial charge >= 0.3 is 7.12 Å². The minimum Gasteiger partial charge on any atom is -0.411 e. The average molecular weight is 295 g/mol. The summed E-state index contributed by atoms with van der Waals surface area (Å²) in [5.74, 6) is 0. The van der Waals surface area contributed by atoms with Gasteiger partial charge in [-0.2, -0.15) is 0 Å². The van der Waals surface area contributed by atoms with Gasteiger partial charge in [0.15, 0.2) is 10.8 Å². The molecule has 3 rings (SSSR count). The van der Waals surface area contributed by atoms with Crippen molar-refractivity contribution in [1.29, 1.82) is 0 Å². The Hall–Kier alpha value is -1.18. The maximum atomic E-state index is 5.97. The summed E-state index contributed by atoms with van der Waals surface area (Å²) in [6.07, 6.45) is 7.23. The number of hydrogen-bond donors (Lipinski definition) is 0. The van der Waals surface area contributed by atoms with Gasteiger partial charge in [-0.1, -0.05) is 18.0 Å². The summed E-state index contributed by atoms with van der Waals surface area (Å²) in [5, 5.41) is 0.401. The average Bonchev–Trinajstić information content (AvgIpc) is 2.90. The zero-order chi connectivity index (χ0) is 13.8. The number of aromatic nitrogens is 4. The molecule has 1 aliphatic heterocycles. The summed E-state index contributed by atoms with van der Waals surface area (Å²) in [5.41, 5.74) is 1.45. The van der Waals surface area contributed by atoms with E-state index in [2.05, 4.69) is 15.0 Å². The van der Waals surface area contributed by atoms with Crippen molar-refractivity contribution >= 4 is 29.9 Å². The number of imidazole rings is 1. The highest BCUT2D eigenvalue weighted by Crippen LogP contribution is 2.18. The molecule has 0 atom stereocenters. The van der Waals surface area contributed by atoms with Crippen LogP contribution in [0.5, 0.6) is 0 Å². The van der Waals surface area contributed by atoms with Crippen LogP contribution in [0.15, 0.2) is 12.7 Å². The number of halogens is 1. The molecule has 8 heteroatoms. The van der Waals surface area contributed by atoms with Gasteiger partial charge in [0.1, 0.15) is 11.8 Å². The van der Waals surface area contributed by atoms with Gasteiger partial charge in [0, 0.05) is 19.8 Å². The van der Waals surface area contributed by atoms with Crippen molar-refractivity contribution in [2.24, 2.45) is 0 Å². The third kappa shape index (κ3) is 3.11. The Kier molecular flexibility index (Phi) is 4.49. The van der Waals surface area contributed by atoms with E-state index < -0.39 is 0 Å². The van der Waals surface area contributed by atoms with Crippen molar-refractivity contribution in [2.45, 2.75) is 32.1 Å². The minimum absolute atomic E-state index is 0.0277. The van der Waals surface area contributed by atoms with Gasteiger partial charge in [-0.3, -0.25) is 0 Å². The maximum absolute atomic E-state index is 5.97. The standard InChI is InChI=1S/C12H16BClN4O2/c14-11-10-12(16-8-15-11)18(9-17-10)5-2-1-4-13-19-6-3-7-20-13/h8-9H,1-7H2. The molecule has 0 aliphatic carbocycles. The predicted octanol–water partition coefficient (Wildman–Crippen LogP) is 2.18. The lowest BCUT2D eigenvalue weighted by atomic mass is 9.81. The molecule has 2 aromatic heterocycles. The van der Waals surface area contributed by atoms with E-state index in [-0.39, 0.29) is 7.12 Å². The summed E-state index contributed by atoms with van der Waals surface area (Å²) in [6, 6.07) is 0. The van der Waals surface area contributed by atoms with Gasteiger partial charge in [0.05, 0.1) is 6.33 Å². The SMILES string of the molecule is Clc1ncnc2c1ncn2CCCCB1OCCCO1. The van der Waals surface area contributed by atoms with E-state index >= 15 is 0 Å². The summed E-state index contributed by atoms with van der Waals surface area (Å²) < 4.78 is 13.0. The maximum Gasteiger partial charge on any atom is 0.456 e. The molecule has 0 unspecified atom stereocenters. The van der Waals surface area contributed by atoms with Crippen LogP contribution in [0.3, 0.4) is 0 Å². The normalized spacial score (nSPS) is 15.9. The molecule has 1 saturated heterocycles. The molecule has 0 bridgehead atoms. The van der Waals surface area contributed by atoms with E-state index in [0.717, 1.165) is 51.0 Å². The molecule has 0 N–H and O–H groups in total. The summed E-state index contributed by atoms with van der Waals surface area (Å²) in [6.45, 7) is 2.48. The number of aryl methyl sites for hydroxylation is 1. The van der Waals surface area contributed by atoms with E-state index in [1.54, 1.807) is 6.33 Å². The topological polar surface area (TPSA) is 62.1 Å². The fourth-order valence-electron chi connectivity index (χ4n) is 2.31. The van der Waals surface area contributed by atoms with Gasteiger partial charge < -0.3 is 13.9 Å². The van der Waals surface area contributed by atoms with Crippen molar-refractivity contribution in [2.75, 3.05) is 13.2 Å². The van der Waals surface area contributed by atoms with Crippen molar-refractivity contribution in [3.05, 3.63) is 17.8 Å². The first-order valence-corrected chi connectivity index (χ1v) is 7.27. The quantitative estimate of drug-likeness (QED) is 0.480. The van der Waals surface area contributed by atoms with Gasteiger partial charge in [0.25, 0.3) is 0 Å². The molecule has 0 radical (unpaired) electrons. The van der Waals surface area contributed by atoms with Crippen LogP contribution in [0.2, 0.25) is 11.5 Å². The predicted molar refractivity (Wildman–Crippen MR) is 76.6 cm³/mol. The molecular formula is C12H16BClN4O2. The molecule has 6 nitrogen and oxygen atoms in total. The third-order valence-corrected chi connectivity index (χ3v) is 3.62. The Labute approximate surface area is 122 Å². The smallest absolute Gasteiger partial charge is 0.411 e. The summed E-state index contributed by atoms with van der Waals surface area (Å²) in [7, 11) is -0.0277. The van der Waals surface area contributed by atoms with Crippen LogP contribution < -0.4 is 0 Å². The van der Waals surface area contributed by atoms with Crippen LogP contribution in [0.4, 0.5) is 0 Å². The lowest BCUT2D eigenvalue weighted by molar-refractivity contribution is 0.133. The van der Waals surface area contributed by atoms with Crippen LogP contribution in [0.1, 0.15) is 19.3 Å². The largest absolute Gasteiger partial charge is 0.456 e. The van der Waals surface area contributed by atoms with Crippen molar-refractivity contribution in [3.63, 3.8) is 0 Å². The lowest BCUT2D eigenvalue weighted by Crippen LogP contribution is -2.29. The first-order valence-electron chi connectivity index (χ1n) is 6.89.